The van der Waals surface area contributed by atoms with Crippen molar-refractivity contribution in [1.29, 1.82) is 0 Å². The zero-order valence-electron chi connectivity index (χ0n) is 14.9. The molecule has 2 heterocycles. The summed E-state index contributed by atoms with van der Waals surface area (Å²) in [6, 6.07) is 13.3. The molecule has 28 heavy (non-hydrogen) atoms. The highest BCUT2D eigenvalue weighted by atomic mass is 35.5. The van der Waals surface area contributed by atoms with Gasteiger partial charge in [0.1, 0.15) is 5.82 Å². The molecule has 144 valence electrons. The van der Waals surface area contributed by atoms with Crippen molar-refractivity contribution < 1.29 is 9.18 Å². The highest BCUT2D eigenvalue weighted by molar-refractivity contribution is 7.14. The number of rotatable bonds is 3. The lowest BCUT2D eigenvalue weighted by Crippen LogP contribution is -2.50. The highest BCUT2D eigenvalue weighted by Crippen LogP contribution is 2.28. The van der Waals surface area contributed by atoms with Crippen LogP contribution in [0.4, 0.5) is 20.0 Å². The average Bonchev–Trinajstić information content (AvgIpc) is 3.20. The van der Waals surface area contributed by atoms with Crippen LogP contribution in [0.3, 0.4) is 0 Å². The molecule has 0 spiro atoms. The van der Waals surface area contributed by atoms with Crippen LogP contribution in [0.15, 0.2) is 53.9 Å². The van der Waals surface area contributed by atoms with Crippen LogP contribution < -0.4 is 10.2 Å². The van der Waals surface area contributed by atoms with Crippen molar-refractivity contribution in [3.05, 3.63) is 64.8 Å². The number of halogens is 2. The van der Waals surface area contributed by atoms with Gasteiger partial charge >= 0.3 is 6.03 Å². The lowest BCUT2D eigenvalue weighted by atomic mass is 10.2. The van der Waals surface area contributed by atoms with E-state index < -0.39 is 0 Å². The van der Waals surface area contributed by atoms with Crippen molar-refractivity contribution in [2.24, 2.45) is 0 Å². The third-order valence-electron chi connectivity index (χ3n) is 4.56. The molecule has 0 unspecified atom stereocenters. The van der Waals surface area contributed by atoms with E-state index >= 15 is 0 Å². The van der Waals surface area contributed by atoms with E-state index in [9.17, 15) is 9.18 Å². The van der Waals surface area contributed by atoms with Crippen molar-refractivity contribution in [1.82, 2.24) is 9.88 Å². The van der Waals surface area contributed by atoms with Gasteiger partial charge in [-0.3, -0.25) is 0 Å². The smallest absolute Gasteiger partial charge is 0.321 e. The van der Waals surface area contributed by atoms with Gasteiger partial charge in [0.15, 0.2) is 5.13 Å². The Morgan fingerprint density at radius 2 is 1.71 bits per heavy atom. The van der Waals surface area contributed by atoms with E-state index in [2.05, 4.69) is 15.2 Å². The second-order valence-corrected chi connectivity index (χ2v) is 7.71. The second-order valence-electron chi connectivity index (χ2n) is 6.43. The molecular formula is C20H18ClFN4OS. The summed E-state index contributed by atoms with van der Waals surface area (Å²) in [6.45, 7) is 2.66. The molecule has 2 aromatic carbocycles. The Morgan fingerprint density at radius 3 is 2.39 bits per heavy atom. The molecule has 4 rings (SSSR count). The number of hydrogen-bond donors (Lipinski definition) is 1. The van der Waals surface area contributed by atoms with Crippen LogP contribution in [0.2, 0.25) is 5.02 Å². The van der Waals surface area contributed by atoms with E-state index in [1.807, 2.05) is 5.38 Å². The zero-order valence-corrected chi connectivity index (χ0v) is 16.5. The molecule has 0 aliphatic carbocycles. The first-order valence-corrected chi connectivity index (χ1v) is 10.1. The molecule has 1 N–H and O–H groups in total. The van der Waals surface area contributed by atoms with E-state index in [0.29, 0.717) is 31.2 Å². The first-order valence-electron chi connectivity index (χ1n) is 8.86. The maximum absolute atomic E-state index is 13.1. The van der Waals surface area contributed by atoms with Crippen molar-refractivity contribution >= 4 is 39.8 Å². The number of carbonyl (C=O) groups excluding carboxylic acids is 1. The molecule has 1 aliphatic heterocycles. The van der Waals surface area contributed by atoms with Gasteiger partial charge in [-0.1, -0.05) is 11.6 Å². The van der Waals surface area contributed by atoms with E-state index in [-0.39, 0.29) is 11.8 Å². The number of nitrogens with one attached hydrogen (secondary N) is 1. The van der Waals surface area contributed by atoms with E-state index in [1.54, 1.807) is 52.6 Å². The summed E-state index contributed by atoms with van der Waals surface area (Å²) in [5.41, 5.74) is 2.45. The Balaban J connectivity index is 1.34. The second kappa shape index (κ2) is 8.16. The molecule has 0 saturated carbocycles. The van der Waals surface area contributed by atoms with Crippen LogP contribution in [0.1, 0.15) is 0 Å². The lowest BCUT2D eigenvalue weighted by Gasteiger charge is -2.34. The van der Waals surface area contributed by atoms with Crippen molar-refractivity contribution in [2.45, 2.75) is 0 Å². The summed E-state index contributed by atoms with van der Waals surface area (Å²) in [5, 5.41) is 6.41. The number of urea groups is 1. The fourth-order valence-corrected chi connectivity index (χ4v) is 4.01. The number of carbonyl (C=O) groups is 1. The van der Waals surface area contributed by atoms with E-state index in [1.165, 1.54) is 12.1 Å². The van der Waals surface area contributed by atoms with Gasteiger partial charge in [0.2, 0.25) is 0 Å². The number of benzene rings is 2. The SMILES string of the molecule is O=C(Nc1ccc(Cl)cc1)N1CCN(c2nc(-c3ccc(F)cc3)cs2)CC1. The van der Waals surface area contributed by atoms with Gasteiger partial charge in [0, 0.05) is 47.8 Å². The number of amides is 2. The predicted molar refractivity (Wildman–Crippen MR) is 112 cm³/mol. The summed E-state index contributed by atoms with van der Waals surface area (Å²) in [5.74, 6) is -0.257. The van der Waals surface area contributed by atoms with Crippen molar-refractivity contribution in [2.75, 3.05) is 36.4 Å². The van der Waals surface area contributed by atoms with Gasteiger partial charge in [0.05, 0.1) is 5.69 Å². The Kier molecular flexibility index (Phi) is 5.45. The van der Waals surface area contributed by atoms with Crippen LogP contribution >= 0.6 is 22.9 Å². The average molecular weight is 417 g/mol. The standard InChI is InChI=1S/C20H18ClFN4OS/c21-15-3-7-17(8-4-15)23-19(27)25-9-11-26(12-10-25)20-24-18(13-28-20)14-1-5-16(22)6-2-14/h1-8,13H,9-12H2,(H,23,27). The number of piperazine rings is 1. The summed E-state index contributed by atoms with van der Waals surface area (Å²) in [4.78, 5) is 21.1. The van der Waals surface area contributed by atoms with Gasteiger partial charge < -0.3 is 15.1 Å². The first-order chi connectivity index (χ1) is 13.6. The van der Waals surface area contributed by atoms with Gasteiger partial charge in [-0.15, -0.1) is 11.3 Å². The molecule has 2 amide bonds. The number of thiazole rings is 1. The molecule has 1 aliphatic rings. The highest BCUT2D eigenvalue weighted by Gasteiger charge is 2.23. The third kappa shape index (κ3) is 4.26. The zero-order chi connectivity index (χ0) is 19.5. The van der Waals surface area contributed by atoms with Crippen LogP contribution in [0, 0.1) is 5.82 Å². The van der Waals surface area contributed by atoms with Crippen LogP contribution in [0.5, 0.6) is 0 Å². The number of aromatic nitrogens is 1. The van der Waals surface area contributed by atoms with Crippen LogP contribution in [-0.4, -0.2) is 42.1 Å². The monoisotopic (exact) mass is 416 g/mol. The molecule has 1 aromatic heterocycles. The van der Waals surface area contributed by atoms with E-state index in [4.69, 9.17) is 11.6 Å². The molecule has 1 fully saturated rings. The minimum Gasteiger partial charge on any atom is -0.345 e. The van der Waals surface area contributed by atoms with Crippen molar-refractivity contribution in [3.63, 3.8) is 0 Å². The molecule has 5 nitrogen and oxygen atoms in total. The normalized spacial score (nSPS) is 14.2. The Hall–Kier alpha value is -2.64. The number of nitrogens with zero attached hydrogens (tertiary/aromatic N) is 3. The molecule has 8 heteroatoms. The van der Waals surface area contributed by atoms with Gasteiger partial charge in [0.25, 0.3) is 0 Å². The fraction of sp³-hybridized carbons (Fsp3) is 0.200. The van der Waals surface area contributed by atoms with Crippen LogP contribution in [0.25, 0.3) is 11.3 Å². The van der Waals surface area contributed by atoms with Gasteiger partial charge in [-0.25, -0.2) is 14.2 Å². The molecule has 0 radical (unpaired) electrons. The summed E-state index contributed by atoms with van der Waals surface area (Å²) < 4.78 is 13.1. The molecule has 1 saturated heterocycles. The maximum atomic E-state index is 13.1. The Bertz CT molecular complexity index is 953. The Labute approximate surface area is 171 Å². The largest absolute Gasteiger partial charge is 0.345 e. The molecular weight excluding hydrogens is 399 g/mol. The Morgan fingerprint density at radius 1 is 1.04 bits per heavy atom. The fourth-order valence-electron chi connectivity index (χ4n) is 3.00. The quantitative estimate of drug-likeness (QED) is 0.656. The third-order valence-corrected chi connectivity index (χ3v) is 5.72. The van der Waals surface area contributed by atoms with E-state index in [0.717, 1.165) is 22.1 Å². The molecule has 0 bridgehead atoms. The number of anilines is 2. The predicted octanol–water partition coefficient (Wildman–Crippen LogP) is 4.96. The van der Waals surface area contributed by atoms with Gasteiger partial charge in [-0.05, 0) is 48.5 Å². The minimum absolute atomic E-state index is 0.117. The van der Waals surface area contributed by atoms with Crippen LogP contribution in [-0.2, 0) is 0 Å². The minimum atomic E-state index is -0.257. The summed E-state index contributed by atoms with van der Waals surface area (Å²) in [7, 11) is 0. The topological polar surface area (TPSA) is 48.5 Å². The summed E-state index contributed by atoms with van der Waals surface area (Å²) >= 11 is 7.43. The number of hydrogen-bond acceptors (Lipinski definition) is 4. The maximum Gasteiger partial charge on any atom is 0.321 e. The lowest BCUT2D eigenvalue weighted by molar-refractivity contribution is 0.208. The van der Waals surface area contributed by atoms with Crippen molar-refractivity contribution in [3.8, 4) is 11.3 Å². The molecule has 0 atom stereocenters. The summed E-state index contributed by atoms with van der Waals surface area (Å²) in [6.07, 6.45) is 0. The van der Waals surface area contributed by atoms with Gasteiger partial charge in [-0.2, -0.15) is 0 Å². The first kappa shape index (κ1) is 18.7. The molecule has 3 aromatic rings.